The number of methoxy groups -OCH3 is 1. The molecule has 1 rings (SSSR count). The molecule has 1 fully saturated rings. The second-order valence-corrected chi connectivity index (χ2v) is 2.15. The summed E-state index contributed by atoms with van der Waals surface area (Å²) < 4.78 is 4.90. The molecule has 1 saturated carbocycles. The van der Waals surface area contributed by atoms with Gasteiger partial charge in [-0.15, -0.1) is 0 Å². The molecule has 0 aromatic carbocycles. The predicted molar refractivity (Wildman–Crippen MR) is 29.3 cm³/mol. The lowest BCUT2D eigenvalue weighted by molar-refractivity contribution is -0.0140. The molecule has 0 N–H and O–H groups in total. The lowest BCUT2D eigenvalue weighted by Gasteiger charge is -2.33. The van der Waals surface area contributed by atoms with Crippen LogP contribution >= 0.6 is 0 Å². The Bertz CT molecular complexity index is 89.2. The minimum atomic E-state index is -0.500. The molecular formula is C6H9O2. The first kappa shape index (κ1) is 5.76. The molecule has 1 aliphatic carbocycles. The number of ether oxygens (including phenoxy) is 1. The molecule has 1 radical (unpaired) electrons. The van der Waals surface area contributed by atoms with Gasteiger partial charge in [-0.2, -0.15) is 0 Å². The maximum absolute atomic E-state index is 10.1. The van der Waals surface area contributed by atoms with E-state index in [9.17, 15) is 4.79 Å². The number of hydrogen-bond donors (Lipinski definition) is 0. The monoisotopic (exact) mass is 113 g/mol. The Balaban J connectivity index is 2.45. The summed E-state index contributed by atoms with van der Waals surface area (Å²) in [5, 5.41) is 0. The van der Waals surface area contributed by atoms with Gasteiger partial charge in [0, 0.05) is 7.11 Å². The van der Waals surface area contributed by atoms with Crippen LogP contribution < -0.4 is 0 Å². The molecule has 8 heavy (non-hydrogen) atoms. The molecule has 1 aliphatic rings. The van der Waals surface area contributed by atoms with Crippen molar-refractivity contribution in [2.24, 2.45) is 0 Å². The van der Waals surface area contributed by atoms with Gasteiger partial charge in [-0.3, -0.25) is 4.79 Å². The summed E-state index contributed by atoms with van der Waals surface area (Å²) in [4.78, 5) is 10.1. The molecule has 0 saturated heterocycles. The van der Waals surface area contributed by atoms with Crippen LogP contribution in [0.1, 0.15) is 19.3 Å². The van der Waals surface area contributed by atoms with Crippen molar-refractivity contribution in [3.63, 3.8) is 0 Å². The number of carbonyl (C=O) groups excluding carboxylic acids is 1. The van der Waals surface area contributed by atoms with E-state index in [2.05, 4.69) is 0 Å². The summed E-state index contributed by atoms with van der Waals surface area (Å²) in [5.41, 5.74) is -0.500. The lowest BCUT2D eigenvalue weighted by Crippen LogP contribution is -2.40. The Morgan fingerprint density at radius 3 is 2.25 bits per heavy atom. The first-order valence-electron chi connectivity index (χ1n) is 2.77. The Morgan fingerprint density at radius 2 is 2.25 bits per heavy atom. The molecule has 0 atom stereocenters. The van der Waals surface area contributed by atoms with Gasteiger partial charge in [0.15, 0.2) is 0 Å². The van der Waals surface area contributed by atoms with E-state index >= 15 is 0 Å². The molecule has 0 heterocycles. The zero-order valence-electron chi connectivity index (χ0n) is 4.94. The van der Waals surface area contributed by atoms with Gasteiger partial charge in [0.05, 0.1) is 0 Å². The normalized spacial score (nSPS) is 24.1. The highest BCUT2D eigenvalue weighted by molar-refractivity contribution is 5.64. The maximum atomic E-state index is 10.1. The number of rotatable bonds is 2. The second kappa shape index (κ2) is 1.86. The Labute approximate surface area is 48.8 Å². The third-order valence-corrected chi connectivity index (χ3v) is 1.74. The van der Waals surface area contributed by atoms with Gasteiger partial charge in [-0.1, -0.05) is 0 Å². The van der Waals surface area contributed by atoms with Crippen LogP contribution in [0.25, 0.3) is 0 Å². The SMILES string of the molecule is COC1([C]=O)CCC1. The van der Waals surface area contributed by atoms with Crippen LogP contribution in [-0.4, -0.2) is 19.0 Å². The van der Waals surface area contributed by atoms with Crippen molar-refractivity contribution in [3.8, 4) is 0 Å². The first-order valence-corrected chi connectivity index (χ1v) is 2.77. The average molecular weight is 113 g/mol. The smallest absolute Gasteiger partial charge is 0.233 e. The van der Waals surface area contributed by atoms with E-state index in [-0.39, 0.29) is 0 Å². The van der Waals surface area contributed by atoms with Gasteiger partial charge in [-0.05, 0) is 19.3 Å². The van der Waals surface area contributed by atoms with E-state index in [1.54, 1.807) is 7.11 Å². The highest BCUT2D eigenvalue weighted by atomic mass is 16.5. The maximum Gasteiger partial charge on any atom is 0.233 e. The van der Waals surface area contributed by atoms with Crippen LogP contribution in [0, 0.1) is 0 Å². The van der Waals surface area contributed by atoms with Crippen molar-refractivity contribution < 1.29 is 9.53 Å². The molecular weight excluding hydrogens is 104 g/mol. The molecule has 0 aromatic heterocycles. The van der Waals surface area contributed by atoms with Crippen molar-refractivity contribution >= 4 is 6.29 Å². The Kier molecular flexibility index (Phi) is 1.34. The summed E-state index contributed by atoms with van der Waals surface area (Å²) in [6.45, 7) is 0. The van der Waals surface area contributed by atoms with Gasteiger partial charge in [0.2, 0.25) is 6.29 Å². The van der Waals surface area contributed by atoms with Crippen LogP contribution in [-0.2, 0) is 9.53 Å². The van der Waals surface area contributed by atoms with Crippen molar-refractivity contribution in [2.45, 2.75) is 24.9 Å². The molecule has 2 heteroatoms. The summed E-state index contributed by atoms with van der Waals surface area (Å²) in [6, 6.07) is 0. The van der Waals surface area contributed by atoms with Gasteiger partial charge in [0.25, 0.3) is 0 Å². The Hall–Kier alpha value is -0.370. The van der Waals surface area contributed by atoms with Crippen LogP contribution in [0.2, 0.25) is 0 Å². The molecule has 0 amide bonds. The predicted octanol–water partition coefficient (Wildman–Crippen LogP) is 0.665. The minimum absolute atomic E-state index is 0.500. The molecule has 0 bridgehead atoms. The minimum Gasteiger partial charge on any atom is -0.370 e. The van der Waals surface area contributed by atoms with E-state index in [1.165, 1.54) is 0 Å². The number of hydrogen-bond acceptors (Lipinski definition) is 2. The van der Waals surface area contributed by atoms with Crippen molar-refractivity contribution in [1.82, 2.24) is 0 Å². The first-order chi connectivity index (χ1) is 3.83. The van der Waals surface area contributed by atoms with Gasteiger partial charge in [0.1, 0.15) is 5.60 Å². The fourth-order valence-electron chi connectivity index (χ4n) is 0.846. The van der Waals surface area contributed by atoms with Gasteiger partial charge < -0.3 is 4.74 Å². The highest BCUT2D eigenvalue weighted by Crippen LogP contribution is 2.32. The molecule has 0 spiro atoms. The summed E-state index contributed by atoms with van der Waals surface area (Å²) in [6.07, 6.45) is 4.70. The summed E-state index contributed by atoms with van der Waals surface area (Å²) in [5.74, 6) is 0. The third kappa shape index (κ3) is 0.650. The van der Waals surface area contributed by atoms with Crippen molar-refractivity contribution in [3.05, 3.63) is 0 Å². The van der Waals surface area contributed by atoms with Crippen molar-refractivity contribution in [2.75, 3.05) is 7.11 Å². The largest absolute Gasteiger partial charge is 0.370 e. The van der Waals surface area contributed by atoms with Crippen LogP contribution in [0.3, 0.4) is 0 Å². The van der Waals surface area contributed by atoms with E-state index < -0.39 is 5.60 Å². The highest BCUT2D eigenvalue weighted by Gasteiger charge is 2.37. The fourth-order valence-corrected chi connectivity index (χ4v) is 0.846. The summed E-state index contributed by atoms with van der Waals surface area (Å²) >= 11 is 0. The molecule has 0 aromatic rings. The standard InChI is InChI=1S/C6H9O2/c1-8-6(5-7)3-2-4-6/h2-4H2,1H3. The van der Waals surface area contributed by atoms with E-state index in [4.69, 9.17) is 4.74 Å². The third-order valence-electron chi connectivity index (χ3n) is 1.74. The fraction of sp³-hybridized carbons (Fsp3) is 0.833. The zero-order chi connectivity index (χ0) is 6.04. The zero-order valence-corrected chi connectivity index (χ0v) is 4.94. The quantitative estimate of drug-likeness (QED) is 0.526. The molecule has 0 unspecified atom stereocenters. The van der Waals surface area contributed by atoms with E-state index in [0.717, 1.165) is 19.3 Å². The average Bonchev–Trinajstić information content (AvgIpc) is 1.67. The van der Waals surface area contributed by atoms with E-state index in [0.29, 0.717) is 0 Å². The molecule has 2 nitrogen and oxygen atoms in total. The van der Waals surface area contributed by atoms with Crippen molar-refractivity contribution in [1.29, 1.82) is 0 Å². The van der Waals surface area contributed by atoms with Gasteiger partial charge >= 0.3 is 0 Å². The second-order valence-electron chi connectivity index (χ2n) is 2.15. The topological polar surface area (TPSA) is 26.3 Å². The van der Waals surface area contributed by atoms with Crippen LogP contribution in [0.15, 0.2) is 0 Å². The van der Waals surface area contributed by atoms with E-state index in [1.807, 2.05) is 6.29 Å². The van der Waals surface area contributed by atoms with Gasteiger partial charge in [-0.25, -0.2) is 0 Å². The Morgan fingerprint density at radius 1 is 1.62 bits per heavy atom. The molecule has 0 aliphatic heterocycles. The van der Waals surface area contributed by atoms with Crippen LogP contribution in [0.5, 0.6) is 0 Å². The molecule has 45 valence electrons. The van der Waals surface area contributed by atoms with Crippen LogP contribution in [0.4, 0.5) is 0 Å². The lowest BCUT2D eigenvalue weighted by atomic mass is 9.81. The summed E-state index contributed by atoms with van der Waals surface area (Å²) in [7, 11) is 1.56.